The van der Waals surface area contributed by atoms with E-state index in [1.807, 2.05) is 26.8 Å². The van der Waals surface area contributed by atoms with Crippen molar-refractivity contribution in [2.24, 2.45) is 5.41 Å². The Bertz CT molecular complexity index is 442. The number of ketones is 1. The van der Waals surface area contributed by atoms with Gasteiger partial charge >= 0.3 is 0 Å². The summed E-state index contributed by atoms with van der Waals surface area (Å²) in [4.78, 5) is 12.0. The van der Waals surface area contributed by atoms with Crippen LogP contribution in [0.4, 0.5) is 0 Å². The summed E-state index contributed by atoms with van der Waals surface area (Å²) in [5.41, 5.74) is 0.460. The molecule has 0 aromatic heterocycles. The van der Waals surface area contributed by atoms with E-state index in [0.717, 1.165) is 0 Å². The minimum atomic E-state index is -0.0979. The molecule has 0 radical (unpaired) electrons. The van der Waals surface area contributed by atoms with Crippen molar-refractivity contribution >= 4 is 17.4 Å². The Hall–Kier alpha value is -1.28. The Morgan fingerprint density at radius 3 is 2.53 bits per heavy atom. The maximum Gasteiger partial charge on any atom is 0.189 e. The first-order valence-electron chi connectivity index (χ1n) is 5.40. The maximum atomic E-state index is 12.0. The number of hydrogen-bond donors (Lipinski definition) is 0. The van der Waals surface area contributed by atoms with Gasteiger partial charge in [-0.25, -0.2) is 0 Å². The number of ether oxygens (including phenoxy) is 1. The van der Waals surface area contributed by atoms with Crippen molar-refractivity contribution in [3.05, 3.63) is 40.9 Å². The first-order valence-corrected chi connectivity index (χ1v) is 5.78. The van der Waals surface area contributed by atoms with Crippen LogP contribution in [0.25, 0.3) is 0 Å². The van der Waals surface area contributed by atoms with Crippen molar-refractivity contribution in [1.82, 2.24) is 0 Å². The zero-order valence-corrected chi connectivity index (χ0v) is 11.3. The number of rotatable bonds is 3. The van der Waals surface area contributed by atoms with Gasteiger partial charge in [-0.05, 0) is 29.7 Å². The Balaban J connectivity index is 3.04. The summed E-state index contributed by atoms with van der Waals surface area (Å²) in [5.74, 6) is 0.442. The molecule has 0 aliphatic heterocycles. The van der Waals surface area contributed by atoms with Gasteiger partial charge < -0.3 is 4.74 Å². The van der Waals surface area contributed by atoms with Gasteiger partial charge in [-0.3, -0.25) is 4.79 Å². The third kappa shape index (κ3) is 4.23. The number of benzene rings is 1. The van der Waals surface area contributed by atoms with Crippen LogP contribution in [0.2, 0.25) is 5.02 Å². The van der Waals surface area contributed by atoms with Crippen molar-refractivity contribution in [3.63, 3.8) is 0 Å². The molecule has 92 valence electrons. The average molecular weight is 253 g/mol. The molecule has 1 aromatic rings. The summed E-state index contributed by atoms with van der Waals surface area (Å²) in [7, 11) is 1.54. The number of carbonyl (C=O) groups excluding carboxylic acids is 1. The van der Waals surface area contributed by atoms with E-state index >= 15 is 0 Å². The smallest absolute Gasteiger partial charge is 0.189 e. The molecule has 0 fully saturated rings. The first kappa shape index (κ1) is 13.8. The summed E-state index contributed by atoms with van der Waals surface area (Å²) in [5, 5.41) is 0.526. The van der Waals surface area contributed by atoms with Gasteiger partial charge in [0.2, 0.25) is 0 Å². The van der Waals surface area contributed by atoms with Crippen LogP contribution in [0.15, 0.2) is 30.4 Å². The fourth-order valence-electron chi connectivity index (χ4n) is 1.29. The standard InChI is InChI=1S/C14H17ClO2/c1-14(2,3)8-7-12(16)11-9-10(15)5-6-13(11)17-4/h5-9H,1-4H3. The van der Waals surface area contributed by atoms with E-state index in [-0.39, 0.29) is 11.2 Å². The Kier molecular flexibility index (Phi) is 4.35. The molecule has 0 aliphatic rings. The second kappa shape index (κ2) is 5.37. The predicted octanol–water partition coefficient (Wildman–Crippen LogP) is 4.13. The summed E-state index contributed by atoms with van der Waals surface area (Å²) in [6.45, 7) is 6.10. The van der Waals surface area contributed by atoms with Crippen molar-refractivity contribution in [3.8, 4) is 5.75 Å². The quantitative estimate of drug-likeness (QED) is 0.597. The monoisotopic (exact) mass is 252 g/mol. The average Bonchev–Trinajstić information content (AvgIpc) is 2.25. The third-order valence-electron chi connectivity index (χ3n) is 2.16. The molecule has 0 aliphatic carbocycles. The molecule has 0 saturated heterocycles. The Morgan fingerprint density at radius 1 is 1.35 bits per heavy atom. The lowest BCUT2D eigenvalue weighted by Gasteiger charge is -2.11. The summed E-state index contributed by atoms with van der Waals surface area (Å²) < 4.78 is 5.14. The normalized spacial score (nSPS) is 11.8. The van der Waals surface area contributed by atoms with Crippen LogP contribution in [0.5, 0.6) is 5.75 Å². The van der Waals surface area contributed by atoms with E-state index in [2.05, 4.69) is 0 Å². The highest BCUT2D eigenvalue weighted by Crippen LogP contribution is 2.24. The topological polar surface area (TPSA) is 26.3 Å². The van der Waals surface area contributed by atoms with Crippen molar-refractivity contribution in [1.29, 1.82) is 0 Å². The van der Waals surface area contributed by atoms with Crippen molar-refractivity contribution < 1.29 is 9.53 Å². The van der Waals surface area contributed by atoms with E-state index < -0.39 is 0 Å². The van der Waals surface area contributed by atoms with Gasteiger partial charge in [-0.1, -0.05) is 38.4 Å². The van der Waals surface area contributed by atoms with Crippen molar-refractivity contribution in [2.75, 3.05) is 7.11 Å². The molecule has 0 spiro atoms. The highest BCUT2D eigenvalue weighted by molar-refractivity contribution is 6.31. The van der Waals surface area contributed by atoms with Gasteiger partial charge in [-0.15, -0.1) is 0 Å². The van der Waals surface area contributed by atoms with Crippen LogP contribution in [-0.4, -0.2) is 12.9 Å². The number of methoxy groups -OCH3 is 1. The number of allylic oxidation sites excluding steroid dienone is 2. The Morgan fingerprint density at radius 2 is 2.00 bits per heavy atom. The SMILES string of the molecule is COc1ccc(Cl)cc1C(=O)C=CC(C)(C)C. The first-order chi connectivity index (χ1) is 7.83. The molecule has 1 rings (SSSR count). The summed E-state index contributed by atoms with van der Waals surface area (Å²) >= 11 is 5.88. The highest BCUT2D eigenvalue weighted by atomic mass is 35.5. The Labute approximate surface area is 107 Å². The van der Waals surface area contributed by atoms with E-state index in [9.17, 15) is 4.79 Å². The van der Waals surface area contributed by atoms with Crippen LogP contribution in [-0.2, 0) is 0 Å². The molecular weight excluding hydrogens is 236 g/mol. The third-order valence-corrected chi connectivity index (χ3v) is 2.40. The molecule has 1 aromatic carbocycles. The number of halogens is 1. The van der Waals surface area contributed by atoms with Gasteiger partial charge in [-0.2, -0.15) is 0 Å². The molecule has 0 saturated carbocycles. The minimum absolute atomic E-state index is 0.0263. The van der Waals surface area contributed by atoms with E-state index in [1.165, 1.54) is 7.11 Å². The van der Waals surface area contributed by atoms with Gasteiger partial charge in [0.15, 0.2) is 5.78 Å². The molecule has 0 bridgehead atoms. The lowest BCUT2D eigenvalue weighted by Crippen LogP contribution is -2.03. The largest absolute Gasteiger partial charge is 0.496 e. The lowest BCUT2D eigenvalue weighted by atomic mass is 9.95. The zero-order chi connectivity index (χ0) is 13.1. The predicted molar refractivity (Wildman–Crippen MR) is 70.9 cm³/mol. The second-order valence-corrected chi connectivity index (χ2v) is 5.34. The van der Waals surface area contributed by atoms with Crippen LogP contribution in [0.3, 0.4) is 0 Å². The van der Waals surface area contributed by atoms with Gasteiger partial charge in [0.1, 0.15) is 5.75 Å². The van der Waals surface area contributed by atoms with Gasteiger partial charge in [0.25, 0.3) is 0 Å². The molecule has 0 amide bonds. The van der Waals surface area contributed by atoms with Crippen LogP contribution in [0, 0.1) is 5.41 Å². The van der Waals surface area contributed by atoms with Crippen LogP contribution < -0.4 is 4.74 Å². The molecule has 3 heteroatoms. The van der Waals surface area contributed by atoms with Crippen LogP contribution >= 0.6 is 11.6 Å². The van der Waals surface area contributed by atoms with Crippen LogP contribution in [0.1, 0.15) is 31.1 Å². The van der Waals surface area contributed by atoms with Gasteiger partial charge in [0.05, 0.1) is 12.7 Å². The fourth-order valence-corrected chi connectivity index (χ4v) is 1.46. The fraction of sp³-hybridized carbons (Fsp3) is 0.357. The molecule has 0 atom stereocenters. The lowest BCUT2D eigenvalue weighted by molar-refractivity contribution is 0.104. The highest BCUT2D eigenvalue weighted by Gasteiger charge is 2.12. The zero-order valence-electron chi connectivity index (χ0n) is 10.6. The van der Waals surface area contributed by atoms with E-state index in [4.69, 9.17) is 16.3 Å². The van der Waals surface area contributed by atoms with Crippen molar-refractivity contribution in [2.45, 2.75) is 20.8 Å². The molecule has 17 heavy (non-hydrogen) atoms. The summed E-state index contributed by atoms with van der Waals surface area (Å²) in [6.07, 6.45) is 3.43. The number of hydrogen-bond acceptors (Lipinski definition) is 2. The maximum absolute atomic E-state index is 12.0. The molecule has 0 heterocycles. The second-order valence-electron chi connectivity index (χ2n) is 4.91. The van der Waals surface area contributed by atoms with Gasteiger partial charge in [0, 0.05) is 5.02 Å². The van der Waals surface area contributed by atoms with E-state index in [0.29, 0.717) is 16.3 Å². The van der Waals surface area contributed by atoms with E-state index in [1.54, 1.807) is 24.3 Å². The minimum Gasteiger partial charge on any atom is -0.496 e. The molecule has 0 unspecified atom stereocenters. The molecular formula is C14H17ClO2. The number of carbonyl (C=O) groups is 1. The summed E-state index contributed by atoms with van der Waals surface area (Å²) in [6, 6.07) is 5.01. The molecule has 0 N–H and O–H groups in total. The molecule has 2 nitrogen and oxygen atoms in total.